The molecule has 0 saturated heterocycles. The predicted octanol–water partition coefficient (Wildman–Crippen LogP) is 9.56. The summed E-state index contributed by atoms with van der Waals surface area (Å²) in [6.45, 7) is 0. The van der Waals surface area contributed by atoms with Crippen molar-refractivity contribution < 1.29 is 4.42 Å². The number of benzene rings is 6. The van der Waals surface area contributed by atoms with Crippen LogP contribution in [-0.4, -0.2) is 4.40 Å². The van der Waals surface area contributed by atoms with Crippen LogP contribution in [0.15, 0.2) is 120 Å². The minimum absolute atomic E-state index is 0.927. The Kier molecular flexibility index (Phi) is 3.31. The second-order valence-electron chi connectivity index (χ2n) is 9.70. The van der Waals surface area contributed by atoms with Crippen molar-refractivity contribution >= 4 is 70.8 Å². The normalized spacial score (nSPS) is 12.4. The van der Waals surface area contributed by atoms with Crippen molar-refractivity contribution in [2.75, 3.05) is 0 Å². The van der Waals surface area contributed by atoms with Crippen molar-refractivity contribution in [2.45, 2.75) is 0 Å². The molecule has 0 N–H and O–H groups in total. The van der Waals surface area contributed by atoms with E-state index in [9.17, 15) is 0 Å². The smallest absolute Gasteiger partial charge is 0.143 e. The van der Waals surface area contributed by atoms with E-state index in [2.05, 4.69) is 114 Å². The number of hydrogen-bond acceptors (Lipinski definition) is 1. The molecule has 0 spiro atoms. The molecule has 0 saturated carbocycles. The quantitative estimate of drug-likeness (QED) is 0.240. The zero-order valence-electron chi connectivity index (χ0n) is 19.3. The molecule has 0 unspecified atom stereocenters. The number of rotatable bonds is 1. The first-order chi connectivity index (χ1) is 17.9. The van der Waals surface area contributed by atoms with Crippen LogP contribution in [0.1, 0.15) is 0 Å². The Bertz CT molecular complexity index is 2310. The van der Waals surface area contributed by atoms with Crippen LogP contribution < -0.4 is 0 Å². The summed E-state index contributed by atoms with van der Waals surface area (Å²) in [6.07, 6.45) is 0. The van der Waals surface area contributed by atoms with Gasteiger partial charge in [0, 0.05) is 43.4 Å². The second-order valence-corrected chi connectivity index (χ2v) is 9.70. The molecular weight excluding hydrogens is 438 g/mol. The molecule has 0 amide bonds. The van der Waals surface area contributed by atoms with E-state index in [1.54, 1.807) is 0 Å². The summed E-state index contributed by atoms with van der Waals surface area (Å²) in [5.74, 6) is 0. The topological polar surface area (TPSA) is 17.6 Å². The largest absolute Gasteiger partial charge is 0.455 e. The van der Waals surface area contributed by atoms with E-state index < -0.39 is 0 Å². The van der Waals surface area contributed by atoms with Gasteiger partial charge < -0.3 is 8.82 Å². The summed E-state index contributed by atoms with van der Waals surface area (Å²) in [4.78, 5) is 0. The maximum Gasteiger partial charge on any atom is 0.143 e. The van der Waals surface area contributed by atoms with E-state index in [0.29, 0.717) is 0 Å². The number of hydrogen-bond donors (Lipinski definition) is 0. The van der Waals surface area contributed by atoms with Crippen LogP contribution in [0, 0.1) is 0 Å². The van der Waals surface area contributed by atoms with E-state index >= 15 is 0 Å². The average molecular weight is 458 g/mol. The number of aromatic nitrogens is 1. The Balaban J connectivity index is 1.59. The molecule has 0 aliphatic carbocycles. The highest BCUT2D eigenvalue weighted by Gasteiger charge is 2.23. The lowest BCUT2D eigenvalue weighted by atomic mass is 9.92. The molecule has 9 rings (SSSR count). The van der Waals surface area contributed by atoms with Crippen molar-refractivity contribution in [1.82, 2.24) is 4.40 Å². The molecule has 0 aliphatic rings. The summed E-state index contributed by atoms with van der Waals surface area (Å²) < 4.78 is 9.00. The van der Waals surface area contributed by atoms with Gasteiger partial charge in [-0.2, -0.15) is 0 Å². The van der Waals surface area contributed by atoms with E-state index in [-0.39, 0.29) is 0 Å². The van der Waals surface area contributed by atoms with Crippen molar-refractivity contribution in [1.29, 1.82) is 0 Å². The van der Waals surface area contributed by atoms with Crippen molar-refractivity contribution in [3.05, 3.63) is 115 Å². The third-order valence-corrected chi connectivity index (χ3v) is 7.91. The minimum Gasteiger partial charge on any atom is -0.455 e. The second kappa shape index (κ2) is 6.44. The third kappa shape index (κ3) is 2.14. The molecular formula is C34H19NO. The fraction of sp³-hybridized carbons (Fsp3) is 0. The number of nitrogens with zero attached hydrogens (tertiary/aromatic N) is 1. The minimum atomic E-state index is 0.927. The standard InChI is InChI=1S/C34H19NO/c1-2-10-21-20(9-1)19-29-32(26-15-7-13-24-22-11-3-5-17-28(22)35(29)33(24)26)31(21)27-16-8-14-25-23-12-4-6-18-30(23)36-34(25)27/h1-19H. The van der Waals surface area contributed by atoms with E-state index in [4.69, 9.17) is 4.42 Å². The van der Waals surface area contributed by atoms with Gasteiger partial charge in [-0.3, -0.25) is 0 Å². The van der Waals surface area contributed by atoms with Gasteiger partial charge in [-0.15, -0.1) is 0 Å². The van der Waals surface area contributed by atoms with Gasteiger partial charge >= 0.3 is 0 Å². The van der Waals surface area contributed by atoms with Crippen molar-refractivity contribution in [3.63, 3.8) is 0 Å². The summed E-state index contributed by atoms with van der Waals surface area (Å²) in [6, 6.07) is 41.5. The SMILES string of the molecule is c1ccc2c(-c3cccc4c3oc3ccccc34)c3c4cccc5c6ccccc6n(c3cc2c1)c54. The molecule has 2 nitrogen and oxygen atoms in total. The lowest BCUT2D eigenvalue weighted by Gasteiger charge is -2.11. The first-order valence-corrected chi connectivity index (χ1v) is 12.4. The lowest BCUT2D eigenvalue weighted by molar-refractivity contribution is 0.670. The fourth-order valence-electron chi connectivity index (χ4n) is 6.48. The lowest BCUT2D eigenvalue weighted by Crippen LogP contribution is -1.87. The highest BCUT2D eigenvalue weighted by molar-refractivity contribution is 6.30. The molecule has 2 heteroatoms. The van der Waals surface area contributed by atoms with Crippen molar-refractivity contribution in [2.24, 2.45) is 0 Å². The maximum absolute atomic E-state index is 6.54. The van der Waals surface area contributed by atoms with E-state index in [0.717, 1.165) is 27.5 Å². The molecule has 36 heavy (non-hydrogen) atoms. The number of furan rings is 1. The van der Waals surface area contributed by atoms with Gasteiger partial charge in [-0.25, -0.2) is 0 Å². The van der Waals surface area contributed by atoms with Gasteiger partial charge in [0.25, 0.3) is 0 Å². The van der Waals surface area contributed by atoms with Crippen LogP contribution in [0.2, 0.25) is 0 Å². The molecule has 9 aromatic rings. The number of fused-ring (bicyclic) bond motifs is 10. The van der Waals surface area contributed by atoms with Crippen LogP contribution >= 0.6 is 0 Å². The fourth-order valence-corrected chi connectivity index (χ4v) is 6.48. The first-order valence-electron chi connectivity index (χ1n) is 12.4. The Labute approximate surface area is 205 Å². The summed E-state index contributed by atoms with van der Waals surface area (Å²) in [7, 11) is 0. The van der Waals surface area contributed by atoms with Gasteiger partial charge in [0.15, 0.2) is 0 Å². The molecule has 3 aromatic heterocycles. The highest BCUT2D eigenvalue weighted by atomic mass is 16.3. The first kappa shape index (κ1) is 18.5. The monoisotopic (exact) mass is 457 g/mol. The average Bonchev–Trinajstić information content (AvgIpc) is 3.59. The molecule has 6 aromatic carbocycles. The Morgan fingerprint density at radius 3 is 2.14 bits per heavy atom. The molecule has 3 heterocycles. The zero-order chi connectivity index (χ0) is 23.4. The molecule has 0 bridgehead atoms. The molecule has 0 atom stereocenters. The highest BCUT2D eigenvalue weighted by Crippen LogP contribution is 2.47. The van der Waals surface area contributed by atoms with Gasteiger partial charge in [0.2, 0.25) is 0 Å². The Morgan fingerprint density at radius 2 is 1.19 bits per heavy atom. The molecule has 0 aliphatic heterocycles. The Morgan fingerprint density at radius 1 is 0.500 bits per heavy atom. The number of para-hydroxylation sites is 4. The zero-order valence-corrected chi connectivity index (χ0v) is 19.3. The molecule has 0 radical (unpaired) electrons. The summed E-state index contributed by atoms with van der Waals surface area (Å²) in [5, 5.41) is 9.97. The van der Waals surface area contributed by atoms with Gasteiger partial charge in [-0.05, 0) is 29.0 Å². The van der Waals surface area contributed by atoms with Crippen LogP contribution in [0.3, 0.4) is 0 Å². The summed E-state index contributed by atoms with van der Waals surface area (Å²) >= 11 is 0. The van der Waals surface area contributed by atoms with E-state index in [1.165, 1.54) is 54.4 Å². The van der Waals surface area contributed by atoms with Crippen LogP contribution in [0.25, 0.3) is 81.9 Å². The van der Waals surface area contributed by atoms with Crippen molar-refractivity contribution in [3.8, 4) is 11.1 Å². The third-order valence-electron chi connectivity index (χ3n) is 7.91. The molecule has 0 fully saturated rings. The van der Waals surface area contributed by atoms with Gasteiger partial charge in [0.05, 0.1) is 16.6 Å². The van der Waals surface area contributed by atoms with E-state index in [1.807, 2.05) is 6.07 Å². The van der Waals surface area contributed by atoms with Crippen LogP contribution in [0.5, 0.6) is 0 Å². The van der Waals surface area contributed by atoms with Crippen LogP contribution in [-0.2, 0) is 0 Å². The summed E-state index contributed by atoms with van der Waals surface area (Å²) in [5.41, 5.74) is 8.05. The Hall–Kier alpha value is -4.82. The van der Waals surface area contributed by atoms with Crippen LogP contribution in [0.4, 0.5) is 0 Å². The van der Waals surface area contributed by atoms with Gasteiger partial charge in [0.1, 0.15) is 11.2 Å². The molecule has 166 valence electrons. The maximum atomic E-state index is 6.54. The predicted molar refractivity (Wildman–Crippen MR) is 151 cm³/mol. The van der Waals surface area contributed by atoms with Gasteiger partial charge in [-0.1, -0.05) is 97.1 Å².